The molecule has 0 bridgehead atoms. The van der Waals surface area contributed by atoms with Crippen LogP contribution < -0.4 is 9.46 Å². The molecule has 26 heavy (non-hydrogen) atoms. The molecular weight excluding hydrogens is 393 g/mol. The van der Waals surface area contributed by atoms with Crippen molar-refractivity contribution in [2.75, 3.05) is 0 Å². The number of hydrogen-bond acceptors (Lipinski definition) is 3. The summed E-state index contributed by atoms with van der Waals surface area (Å²) < 4.78 is 33.2. The molecule has 0 heterocycles. The van der Waals surface area contributed by atoms with E-state index in [2.05, 4.69) is 4.72 Å². The minimum atomic E-state index is -3.79. The third-order valence-corrected chi connectivity index (χ3v) is 5.64. The maximum atomic E-state index is 12.5. The summed E-state index contributed by atoms with van der Waals surface area (Å²) in [6.07, 6.45) is 0. The van der Waals surface area contributed by atoms with Gasteiger partial charge in [0.1, 0.15) is 16.4 Å². The van der Waals surface area contributed by atoms with Crippen LogP contribution in [0.3, 0.4) is 0 Å². The summed E-state index contributed by atoms with van der Waals surface area (Å²) in [6.45, 7) is 0.0944. The molecule has 3 aromatic carbocycles. The number of para-hydroxylation sites is 1. The molecule has 0 aliphatic carbocycles. The third kappa shape index (κ3) is 4.77. The van der Waals surface area contributed by atoms with Crippen LogP contribution >= 0.6 is 23.2 Å². The number of sulfonamides is 1. The van der Waals surface area contributed by atoms with Crippen LogP contribution in [0.15, 0.2) is 77.7 Å². The minimum absolute atomic E-state index is 0.0524. The fourth-order valence-corrected chi connectivity index (χ4v) is 4.06. The van der Waals surface area contributed by atoms with E-state index in [9.17, 15) is 8.42 Å². The molecule has 0 fully saturated rings. The normalized spacial score (nSPS) is 11.3. The lowest BCUT2D eigenvalue weighted by atomic mass is 10.2. The first-order valence-corrected chi connectivity index (χ1v) is 9.94. The SMILES string of the molecule is O=S(=O)(NCc1cccc(Oc2ccccc2)c1)c1cc(Cl)ccc1Cl. The Labute approximate surface area is 162 Å². The van der Waals surface area contributed by atoms with Crippen LogP contribution in [0.1, 0.15) is 5.56 Å². The van der Waals surface area contributed by atoms with Crippen molar-refractivity contribution in [2.24, 2.45) is 0 Å². The second-order valence-electron chi connectivity index (χ2n) is 5.46. The molecule has 0 aliphatic rings. The second kappa shape index (κ2) is 8.10. The van der Waals surface area contributed by atoms with Crippen LogP contribution in [-0.4, -0.2) is 8.42 Å². The number of benzene rings is 3. The average molecular weight is 408 g/mol. The predicted molar refractivity (Wildman–Crippen MR) is 103 cm³/mol. The first-order valence-electron chi connectivity index (χ1n) is 7.70. The van der Waals surface area contributed by atoms with Crippen molar-refractivity contribution in [3.8, 4) is 11.5 Å². The summed E-state index contributed by atoms with van der Waals surface area (Å²) in [5, 5.41) is 0.413. The Morgan fingerprint density at radius 3 is 2.35 bits per heavy atom. The molecule has 4 nitrogen and oxygen atoms in total. The van der Waals surface area contributed by atoms with Gasteiger partial charge in [0, 0.05) is 11.6 Å². The molecule has 0 atom stereocenters. The van der Waals surface area contributed by atoms with Gasteiger partial charge in [0.05, 0.1) is 5.02 Å². The second-order valence-corrected chi connectivity index (χ2v) is 8.04. The molecule has 1 N–H and O–H groups in total. The number of rotatable bonds is 6. The Kier molecular flexibility index (Phi) is 5.84. The Balaban J connectivity index is 1.73. The van der Waals surface area contributed by atoms with Gasteiger partial charge in [0.25, 0.3) is 0 Å². The molecule has 3 aromatic rings. The highest BCUT2D eigenvalue weighted by Gasteiger charge is 2.18. The van der Waals surface area contributed by atoms with E-state index < -0.39 is 10.0 Å². The summed E-state index contributed by atoms with van der Waals surface area (Å²) in [4.78, 5) is -0.0524. The Hall–Kier alpha value is -2.05. The molecule has 0 spiro atoms. The van der Waals surface area contributed by atoms with Crippen molar-refractivity contribution in [2.45, 2.75) is 11.4 Å². The van der Waals surface area contributed by atoms with Crippen molar-refractivity contribution < 1.29 is 13.2 Å². The van der Waals surface area contributed by atoms with Gasteiger partial charge in [0.2, 0.25) is 10.0 Å². The van der Waals surface area contributed by atoms with Crippen molar-refractivity contribution in [3.05, 3.63) is 88.4 Å². The maximum Gasteiger partial charge on any atom is 0.242 e. The molecule has 0 radical (unpaired) electrons. The summed E-state index contributed by atoms with van der Waals surface area (Å²) in [5.74, 6) is 1.32. The highest BCUT2D eigenvalue weighted by molar-refractivity contribution is 7.89. The van der Waals surface area contributed by atoms with Gasteiger partial charge in [0.15, 0.2) is 0 Å². The number of halogens is 2. The molecule has 7 heteroatoms. The molecule has 134 valence electrons. The topological polar surface area (TPSA) is 55.4 Å². The lowest BCUT2D eigenvalue weighted by molar-refractivity contribution is 0.482. The van der Waals surface area contributed by atoms with Crippen molar-refractivity contribution in [3.63, 3.8) is 0 Å². The van der Waals surface area contributed by atoms with Crippen LogP contribution in [0.2, 0.25) is 10.0 Å². The highest BCUT2D eigenvalue weighted by atomic mass is 35.5. The molecule has 3 rings (SSSR count). The monoisotopic (exact) mass is 407 g/mol. The van der Waals surface area contributed by atoms with Gasteiger partial charge in [-0.3, -0.25) is 0 Å². The van der Waals surface area contributed by atoms with E-state index in [1.807, 2.05) is 30.3 Å². The number of nitrogens with one attached hydrogen (secondary N) is 1. The fraction of sp³-hybridized carbons (Fsp3) is 0.0526. The Bertz CT molecular complexity index is 1010. The maximum absolute atomic E-state index is 12.5. The van der Waals surface area contributed by atoms with E-state index in [-0.39, 0.29) is 16.5 Å². The number of ether oxygens (including phenoxy) is 1. The quantitative estimate of drug-likeness (QED) is 0.605. The lowest BCUT2D eigenvalue weighted by Gasteiger charge is -2.10. The van der Waals surface area contributed by atoms with Gasteiger partial charge >= 0.3 is 0 Å². The van der Waals surface area contributed by atoms with Gasteiger partial charge in [-0.05, 0) is 48.0 Å². The van der Waals surface area contributed by atoms with Gasteiger partial charge < -0.3 is 4.74 Å². The van der Waals surface area contributed by atoms with Crippen LogP contribution in [0.4, 0.5) is 0 Å². The molecular formula is C19H15Cl2NO3S. The van der Waals surface area contributed by atoms with Gasteiger partial charge in [-0.25, -0.2) is 13.1 Å². The zero-order valence-corrected chi connectivity index (χ0v) is 15.9. The van der Waals surface area contributed by atoms with Crippen molar-refractivity contribution in [1.82, 2.24) is 4.72 Å². The summed E-state index contributed by atoms with van der Waals surface area (Å²) in [5.41, 5.74) is 0.750. The minimum Gasteiger partial charge on any atom is -0.457 e. The molecule has 0 saturated carbocycles. The zero-order valence-electron chi connectivity index (χ0n) is 13.5. The smallest absolute Gasteiger partial charge is 0.242 e. The average Bonchev–Trinajstić information content (AvgIpc) is 2.63. The van der Waals surface area contributed by atoms with Crippen LogP contribution in [0.25, 0.3) is 0 Å². The van der Waals surface area contributed by atoms with Crippen LogP contribution in [-0.2, 0) is 16.6 Å². The largest absolute Gasteiger partial charge is 0.457 e. The first kappa shape index (κ1) is 18.7. The Morgan fingerprint density at radius 1 is 0.846 bits per heavy atom. The lowest BCUT2D eigenvalue weighted by Crippen LogP contribution is -2.23. The van der Waals surface area contributed by atoms with Crippen LogP contribution in [0, 0.1) is 0 Å². The van der Waals surface area contributed by atoms with E-state index >= 15 is 0 Å². The number of hydrogen-bond donors (Lipinski definition) is 1. The van der Waals surface area contributed by atoms with Crippen molar-refractivity contribution in [1.29, 1.82) is 0 Å². The van der Waals surface area contributed by atoms with Gasteiger partial charge in [-0.2, -0.15) is 0 Å². The zero-order chi connectivity index (χ0) is 18.6. The Morgan fingerprint density at radius 2 is 1.58 bits per heavy atom. The molecule has 0 saturated heterocycles. The van der Waals surface area contributed by atoms with E-state index in [4.69, 9.17) is 27.9 Å². The summed E-state index contributed by atoms with van der Waals surface area (Å²) >= 11 is 11.9. The van der Waals surface area contributed by atoms with Crippen LogP contribution in [0.5, 0.6) is 11.5 Å². The summed E-state index contributed by atoms with van der Waals surface area (Å²) in [7, 11) is -3.79. The highest BCUT2D eigenvalue weighted by Crippen LogP contribution is 2.25. The van der Waals surface area contributed by atoms with E-state index in [0.717, 1.165) is 5.56 Å². The fourth-order valence-electron chi connectivity index (χ4n) is 2.28. The van der Waals surface area contributed by atoms with Gasteiger partial charge in [-0.1, -0.05) is 53.5 Å². The molecule has 0 amide bonds. The van der Waals surface area contributed by atoms with E-state index in [0.29, 0.717) is 16.5 Å². The van der Waals surface area contributed by atoms with E-state index in [1.54, 1.807) is 24.3 Å². The molecule has 0 unspecified atom stereocenters. The van der Waals surface area contributed by atoms with Gasteiger partial charge in [-0.15, -0.1) is 0 Å². The standard InChI is InChI=1S/C19H15Cl2NO3S/c20-15-9-10-18(21)19(12-15)26(23,24)22-13-14-5-4-8-17(11-14)25-16-6-2-1-3-7-16/h1-12,22H,13H2. The molecule has 0 aliphatic heterocycles. The first-order chi connectivity index (χ1) is 12.4. The van der Waals surface area contributed by atoms with E-state index in [1.165, 1.54) is 18.2 Å². The predicted octanol–water partition coefficient (Wildman–Crippen LogP) is 5.26. The third-order valence-electron chi connectivity index (χ3n) is 3.53. The van der Waals surface area contributed by atoms with Crippen molar-refractivity contribution >= 4 is 33.2 Å². The molecule has 0 aromatic heterocycles. The summed E-state index contributed by atoms with van der Waals surface area (Å²) in [6, 6.07) is 20.8.